The van der Waals surface area contributed by atoms with Crippen molar-refractivity contribution in [3.8, 4) is 17.0 Å². The Morgan fingerprint density at radius 3 is 2.66 bits per heavy atom. The lowest BCUT2D eigenvalue weighted by Gasteiger charge is -2.35. The van der Waals surface area contributed by atoms with Crippen LogP contribution >= 0.6 is 0 Å². The van der Waals surface area contributed by atoms with E-state index in [0.717, 1.165) is 19.3 Å². The van der Waals surface area contributed by atoms with Gasteiger partial charge in [-0.05, 0) is 68.5 Å². The molecule has 1 unspecified atom stereocenters. The molecule has 1 aliphatic rings. The van der Waals surface area contributed by atoms with Crippen molar-refractivity contribution in [2.45, 2.75) is 51.1 Å². The van der Waals surface area contributed by atoms with E-state index in [9.17, 15) is 17.6 Å². The number of aromatic nitrogens is 2. The third kappa shape index (κ3) is 6.48. The molecular formula is C28H33FN4O4S. The van der Waals surface area contributed by atoms with Crippen LogP contribution in [0.5, 0.6) is 5.75 Å². The molecule has 0 radical (unpaired) electrons. The van der Waals surface area contributed by atoms with Crippen LogP contribution in [0.4, 0.5) is 16.0 Å². The molecule has 202 valence electrons. The van der Waals surface area contributed by atoms with Crippen molar-refractivity contribution >= 4 is 27.3 Å². The van der Waals surface area contributed by atoms with E-state index in [4.69, 9.17) is 15.5 Å². The Morgan fingerprint density at radius 2 is 1.95 bits per heavy atom. The monoisotopic (exact) mass is 540 g/mol. The SMILES string of the molecule is CC(C)COc1cc(F)cc(-c2ccc(C(=O)CS(=O)(=O)c3cccc(N)n3)c(N3CCCCC3C)n2)c1. The van der Waals surface area contributed by atoms with E-state index in [2.05, 4.69) is 11.9 Å². The lowest BCUT2D eigenvalue weighted by molar-refractivity contribution is 0.102. The van der Waals surface area contributed by atoms with Crippen molar-refractivity contribution in [1.82, 2.24) is 9.97 Å². The van der Waals surface area contributed by atoms with Gasteiger partial charge in [0.1, 0.15) is 29.0 Å². The fourth-order valence-electron chi connectivity index (χ4n) is 4.44. The van der Waals surface area contributed by atoms with Crippen LogP contribution in [0.3, 0.4) is 0 Å². The Labute approximate surface area is 223 Å². The number of nitrogen functional groups attached to an aromatic ring is 1. The van der Waals surface area contributed by atoms with Gasteiger partial charge in [-0.3, -0.25) is 4.79 Å². The van der Waals surface area contributed by atoms with Gasteiger partial charge in [0.2, 0.25) is 9.84 Å². The molecule has 8 nitrogen and oxygen atoms in total. The Bertz CT molecular complexity index is 1430. The summed E-state index contributed by atoms with van der Waals surface area (Å²) in [6, 6.07) is 12.0. The van der Waals surface area contributed by atoms with Gasteiger partial charge in [0.25, 0.3) is 0 Å². The van der Waals surface area contributed by atoms with Crippen molar-refractivity contribution in [3.63, 3.8) is 0 Å². The van der Waals surface area contributed by atoms with Gasteiger partial charge in [-0.2, -0.15) is 0 Å². The Hall–Kier alpha value is -3.53. The highest BCUT2D eigenvalue weighted by molar-refractivity contribution is 7.92. The largest absolute Gasteiger partial charge is 0.493 e. The molecule has 0 spiro atoms. The fraction of sp³-hybridized carbons (Fsp3) is 0.393. The molecule has 1 aliphatic heterocycles. The van der Waals surface area contributed by atoms with E-state index in [1.54, 1.807) is 18.2 Å². The topological polar surface area (TPSA) is 115 Å². The summed E-state index contributed by atoms with van der Waals surface area (Å²) >= 11 is 0. The van der Waals surface area contributed by atoms with Crippen LogP contribution in [0.15, 0.2) is 53.6 Å². The normalized spacial score (nSPS) is 16.0. The Morgan fingerprint density at radius 1 is 1.16 bits per heavy atom. The number of sulfone groups is 1. The lowest BCUT2D eigenvalue weighted by Crippen LogP contribution is -2.39. The minimum atomic E-state index is -4.03. The van der Waals surface area contributed by atoms with E-state index in [-0.39, 0.29) is 28.4 Å². The third-order valence-electron chi connectivity index (χ3n) is 6.39. The second-order valence-electron chi connectivity index (χ2n) is 10.1. The Kier molecular flexibility index (Phi) is 8.30. The molecule has 0 saturated carbocycles. The standard InChI is InChI=1S/C28H33FN4O4S/c1-18(2)16-37-22-14-20(13-21(29)15-22)24-11-10-23(28(31-24)33-12-5-4-7-19(33)3)25(34)17-38(35,36)27-9-6-8-26(30)32-27/h6,8-11,13-15,18-19H,4-5,7,12,16-17H2,1-3H3,(H2,30,32). The second kappa shape index (κ2) is 11.5. The molecule has 1 fully saturated rings. The van der Waals surface area contributed by atoms with Gasteiger partial charge in [-0.1, -0.05) is 19.9 Å². The molecule has 1 atom stereocenters. The van der Waals surface area contributed by atoms with E-state index >= 15 is 0 Å². The first-order valence-electron chi connectivity index (χ1n) is 12.7. The number of ether oxygens (including phenoxy) is 1. The zero-order chi connectivity index (χ0) is 27.4. The molecule has 2 N–H and O–H groups in total. The number of anilines is 2. The number of benzene rings is 1. The van der Waals surface area contributed by atoms with Gasteiger partial charge in [0.15, 0.2) is 10.8 Å². The van der Waals surface area contributed by atoms with Crippen molar-refractivity contribution in [2.24, 2.45) is 5.92 Å². The molecule has 0 aliphatic carbocycles. The second-order valence-corrected chi connectivity index (χ2v) is 12.0. The number of nitrogens with two attached hydrogens (primary N) is 1. The minimum absolute atomic E-state index is 0.0548. The molecule has 3 aromatic rings. The Balaban J connectivity index is 1.73. The van der Waals surface area contributed by atoms with Crippen LogP contribution in [-0.2, 0) is 9.84 Å². The number of rotatable bonds is 9. The first-order chi connectivity index (χ1) is 18.0. The molecule has 4 rings (SSSR count). The summed E-state index contributed by atoms with van der Waals surface area (Å²) in [5.74, 6) is -0.714. The summed E-state index contributed by atoms with van der Waals surface area (Å²) in [5.41, 5.74) is 6.81. The van der Waals surface area contributed by atoms with Gasteiger partial charge >= 0.3 is 0 Å². The molecule has 1 aromatic carbocycles. The summed E-state index contributed by atoms with van der Waals surface area (Å²) in [6.45, 7) is 7.18. The summed E-state index contributed by atoms with van der Waals surface area (Å²) in [5, 5.41) is -0.253. The fourth-order valence-corrected chi connectivity index (χ4v) is 5.62. The smallest absolute Gasteiger partial charge is 0.203 e. The maximum atomic E-state index is 14.5. The van der Waals surface area contributed by atoms with Crippen molar-refractivity contribution in [1.29, 1.82) is 0 Å². The van der Waals surface area contributed by atoms with Crippen molar-refractivity contribution < 1.29 is 22.3 Å². The van der Waals surface area contributed by atoms with Crippen molar-refractivity contribution in [2.75, 3.05) is 29.5 Å². The number of hydrogen-bond acceptors (Lipinski definition) is 8. The number of nitrogens with zero attached hydrogens (tertiary/aromatic N) is 3. The molecule has 10 heteroatoms. The average molecular weight is 541 g/mol. The zero-order valence-electron chi connectivity index (χ0n) is 21.9. The number of pyridine rings is 2. The number of Topliss-reactive ketones (excluding diaryl/α,β-unsaturated/α-hetero) is 1. The quantitative estimate of drug-likeness (QED) is 0.380. The van der Waals surface area contributed by atoms with Crippen LogP contribution in [0.2, 0.25) is 0 Å². The predicted octanol–water partition coefficient (Wildman–Crippen LogP) is 4.94. The number of hydrogen-bond donors (Lipinski definition) is 1. The number of piperidine rings is 1. The highest BCUT2D eigenvalue weighted by Gasteiger charge is 2.29. The number of carbonyl (C=O) groups is 1. The molecule has 3 heterocycles. The zero-order valence-corrected chi connectivity index (χ0v) is 22.7. The molecular weight excluding hydrogens is 507 g/mol. The minimum Gasteiger partial charge on any atom is -0.493 e. The first kappa shape index (κ1) is 27.5. The van der Waals surface area contributed by atoms with Gasteiger partial charge in [-0.15, -0.1) is 0 Å². The third-order valence-corrected chi connectivity index (χ3v) is 7.89. The first-order valence-corrected chi connectivity index (χ1v) is 14.4. The maximum absolute atomic E-state index is 14.5. The summed E-state index contributed by atoms with van der Waals surface area (Å²) in [4.78, 5) is 24.1. The van der Waals surface area contributed by atoms with Crippen LogP contribution in [0.25, 0.3) is 11.3 Å². The summed E-state index contributed by atoms with van der Waals surface area (Å²) in [6.07, 6.45) is 2.89. The van der Waals surface area contributed by atoms with Gasteiger partial charge in [0.05, 0.1) is 17.9 Å². The number of carbonyl (C=O) groups excluding carboxylic acids is 1. The summed E-state index contributed by atoms with van der Waals surface area (Å²) in [7, 11) is -4.03. The van der Waals surface area contributed by atoms with Crippen molar-refractivity contribution in [3.05, 3.63) is 59.9 Å². The number of halogens is 1. The molecule has 38 heavy (non-hydrogen) atoms. The van der Waals surface area contributed by atoms with E-state index in [1.165, 1.54) is 30.3 Å². The maximum Gasteiger partial charge on any atom is 0.203 e. The highest BCUT2D eigenvalue weighted by atomic mass is 32.2. The molecule has 1 saturated heterocycles. The van der Waals surface area contributed by atoms with Crippen LogP contribution in [0.1, 0.15) is 50.4 Å². The van der Waals surface area contributed by atoms with Crippen LogP contribution in [-0.4, -0.2) is 49.1 Å². The molecule has 0 bridgehead atoms. The van der Waals surface area contributed by atoms with Crippen LogP contribution < -0.4 is 15.4 Å². The van der Waals surface area contributed by atoms with E-state index in [0.29, 0.717) is 36.0 Å². The number of ketones is 1. The summed E-state index contributed by atoms with van der Waals surface area (Å²) < 4.78 is 46.1. The molecule has 0 amide bonds. The lowest BCUT2D eigenvalue weighted by atomic mass is 10.0. The van der Waals surface area contributed by atoms with Gasteiger partial charge in [-0.25, -0.2) is 22.8 Å². The van der Waals surface area contributed by atoms with Gasteiger partial charge < -0.3 is 15.4 Å². The van der Waals surface area contributed by atoms with E-state index in [1.807, 2.05) is 18.7 Å². The highest BCUT2D eigenvalue weighted by Crippen LogP contribution is 2.32. The van der Waals surface area contributed by atoms with Crippen LogP contribution in [0, 0.1) is 11.7 Å². The van der Waals surface area contributed by atoms with E-state index < -0.39 is 27.2 Å². The predicted molar refractivity (Wildman–Crippen MR) is 146 cm³/mol. The molecule has 2 aromatic heterocycles. The van der Waals surface area contributed by atoms with Gasteiger partial charge in [0, 0.05) is 24.2 Å². The average Bonchev–Trinajstić information content (AvgIpc) is 2.87.